The number of ether oxygens (including phenoxy) is 2. The van der Waals surface area contributed by atoms with Crippen molar-refractivity contribution in [2.75, 3.05) is 43.4 Å². The van der Waals surface area contributed by atoms with Gasteiger partial charge in [-0.1, -0.05) is 0 Å². The van der Waals surface area contributed by atoms with E-state index in [0.717, 1.165) is 38.1 Å². The van der Waals surface area contributed by atoms with Crippen molar-refractivity contribution >= 4 is 29.3 Å². The lowest BCUT2D eigenvalue weighted by Gasteiger charge is -2.34. The molecule has 2 saturated heterocycles. The molecule has 2 heterocycles. The van der Waals surface area contributed by atoms with Crippen LogP contribution in [-0.4, -0.2) is 66.9 Å². The molecule has 9 nitrogen and oxygen atoms in total. The van der Waals surface area contributed by atoms with Gasteiger partial charge in [-0.25, -0.2) is 14.4 Å². The summed E-state index contributed by atoms with van der Waals surface area (Å²) in [6.07, 6.45) is 1.11. The number of nitrogens with one attached hydrogen (secondary N) is 1. The van der Waals surface area contributed by atoms with Crippen LogP contribution >= 0.6 is 0 Å². The Morgan fingerprint density at radius 2 is 1.75 bits per heavy atom. The number of carbonyl (C=O) groups is 3. The molecule has 150 valence electrons. The van der Waals surface area contributed by atoms with Crippen molar-refractivity contribution in [3.63, 3.8) is 0 Å². The third kappa shape index (κ3) is 4.25. The number of aromatic carboxylic acids is 1. The Bertz CT molecular complexity index is 818. The van der Waals surface area contributed by atoms with Gasteiger partial charge in [0.25, 0.3) is 5.79 Å². The molecule has 0 atom stereocenters. The standard InChI is InChI=1S/C19H23N3O6/c1-19(2)27-17(25)14(18(26)28-19)11-20-15-5-4-12(10-13(15)16(23)24)22-8-6-21(3)7-9-22/h4-5,10-11,20H,6-9H2,1-3H3,(H,23,24). The predicted octanol–water partition coefficient (Wildman–Crippen LogP) is 1.27. The molecule has 2 N–H and O–H groups in total. The number of hydrogen-bond acceptors (Lipinski definition) is 8. The fourth-order valence-electron chi connectivity index (χ4n) is 3.02. The molecule has 1 aromatic carbocycles. The molecule has 0 amide bonds. The van der Waals surface area contributed by atoms with Crippen molar-refractivity contribution in [2.24, 2.45) is 0 Å². The fraction of sp³-hybridized carbons (Fsp3) is 0.421. The molecule has 0 aromatic heterocycles. The maximum atomic E-state index is 12.0. The van der Waals surface area contributed by atoms with Gasteiger partial charge in [0.05, 0.1) is 11.3 Å². The van der Waals surface area contributed by atoms with E-state index in [1.54, 1.807) is 18.2 Å². The second kappa shape index (κ2) is 7.51. The lowest BCUT2D eigenvalue weighted by molar-refractivity contribution is -0.222. The predicted molar refractivity (Wildman–Crippen MR) is 101 cm³/mol. The first kappa shape index (κ1) is 19.7. The lowest BCUT2D eigenvalue weighted by atomic mass is 10.1. The highest BCUT2D eigenvalue weighted by atomic mass is 16.7. The Balaban J connectivity index is 1.81. The number of benzene rings is 1. The molecular weight excluding hydrogens is 366 g/mol. The van der Waals surface area contributed by atoms with Crippen molar-refractivity contribution in [2.45, 2.75) is 19.6 Å². The van der Waals surface area contributed by atoms with E-state index in [-0.39, 0.29) is 16.8 Å². The van der Waals surface area contributed by atoms with Crippen molar-refractivity contribution in [1.82, 2.24) is 4.90 Å². The fourth-order valence-corrected chi connectivity index (χ4v) is 3.02. The monoisotopic (exact) mass is 389 g/mol. The summed E-state index contributed by atoms with van der Waals surface area (Å²) in [7, 11) is 2.04. The van der Waals surface area contributed by atoms with E-state index < -0.39 is 23.7 Å². The van der Waals surface area contributed by atoms with Gasteiger partial charge in [0.15, 0.2) is 5.57 Å². The van der Waals surface area contributed by atoms with Gasteiger partial charge >= 0.3 is 17.9 Å². The molecule has 0 saturated carbocycles. The van der Waals surface area contributed by atoms with Gasteiger partial charge in [-0.05, 0) is 25.2 Å². The van der Waals surface area contributed by atoms with Crippen molar-refractivity contribution < 1.29 is 29.0 Å². The number of carboxylic acid groups (broad SMARTS) is 1. The van der Waals surface area contributed by atoms with Gasteiger partial charge in [0.1, 0.15) is 0 Å². The van der Waals surface area contributed by atoms with Crippen molar-refractivity contribution in [3.05, 3.63) is 35.5 Å². The molecule has 3 rings (SSSR count). The number of anilines is 2. The largest absolute Gasteiger partial charge is 0.478 e. The molecule has 0 bridgehead atoms. The number of carbonyl (C=O) groups excluding carboxylic acids is 2. The summed E-state index contributed by atoms with van der Waals surface area (Å²) in [4.78, 5) is 40.0. The second-order valence-corrected chi connectivity index (χ2v) is 7.21. The van der Waals surface area contributed by atoms with E-state index >= 15 is 0 Å². The van der Waals surface area contributed by atoms with Crippen LogP contribution in [0, 0.1) is 0 Å². The molecular formula is C19H23N3O6. The third-order valence-electron chi connectivity index (χ3n) is 4.59. The van der Waals surface area contributed by atoms with Gasteiger partial charge in [0.2, 0.25) is 0 Å². The molecule has 28 heavy (non-hydrogen) atoms. The van der Waals surface area contributed by atoms with E-state index in [2.05, 4.69) is 15.1 Å². The smallest absolute Gasteiger partial charge is 0.350 e. The average Bonchev–Trinajstić information content (AvgIpc) is 2.60. The SMILES string of the molecule is CN1CCN(c2ccc(NC=C3C(=O)OC(C)(C)OC3=O)c(C(=O)O)c2)CC1. The summed E-state index contributed by atoms with van der Waals surface area (Å²) in [6, 6.07) is 4.99. The molecule has 9 heteroatoms. The number of piperazine rings is 1. The first-order chi connectivity index (χ1) is 13.2. The normalized spacial score (nSPS) is 19.7. The number of rotatable bonds is 4. The zero-order chi connectivity index (χ0) is 20.5. The average molecular weight is 389 g/mol. The number of nitrogens with zero attached hydrogens (tertiary/aromatic N) is 2. The van der Waals surface area contributed by atoms with Crippen LogP contribution in [-0.2, 0) is 19.1 Å². The number of esters is 2. The Morgan fingerprint density at radius 1 is 1.14 bits per heavy atom. The summed E-state index contributed by atoms with van der Waals surface area (Å²) in [6.45, 7) is 6.31. The van der Waals surface area contributed by atoms with E-state index in [9.17, 15) is 19.5 Å². The minimum Gasteiger partial charge on any atom is -0.478 e. The first-order valence-electron chi connectivity index (χ1n) is 8.90. The molecule has 2 fully saturated rings. The Labute approximate surface area is 162 Å². The highest BCUT2D eigenvalue weighted by Crippen LogP contribution is 2.26. The topological polar surface area (TPSA) is 108 Å². The molecule has 2 aliphatic heterocycles. The van der Waals surface area contributed by atoms with Gasteiger partial charge in [-0.3, -0.25) is 0 Å². The van der Waals surface area contributed by atoms with Gasteiger partial charge in [-0.2, -0.15) is 0 Å². The Kier molecular flexibility index (Phi) is 5.28. The minimum absolute atomic E-state index is 0.0335. The number of hydrogen-bond donors (Lipinski definition) is 2. The van der Waals surface area contributed by atoms with Crippen LogP contribution in [0.2, 0.25) is 0 Å². The summed E-state index contributed by atoms with van der Waals surface area (Å²) in [5, 5.41) is 12.3. The molecule has 0 unspecified atom stereocenters. The summed E-state index contributed by atoms with van der Waals surface area (Å²) in [5.74, 6) is -4.12. The zero-order valence-corrected chi connectivity index (χ0v) is 16.0. The van der Waals surface area contributed by atoms with Crippen LogP contribution in [0.3, 0.4) is 0 Å². The highest BCUT2D eigenvalue weighted by Gasteiger charge is 2.39. The van der Waals surface area contributed by atoms with Crippen LogP contribution in [0.15, 0.2) is 30.0 Å². The van der Waals surface area contributed by atoms with Crippen molar-refractivity contribution in [3.8, 4) is 0 Å². The first-order valence-corrected chi connectivity index (χ1v) is 8.90. The Morgan fingerprint density at radius 3 is 2.32 bits per heavy atom. The van der Waals surface area contributed by atoms with Crippen LogP contribution in [0.5, 0.6) is 0 Å². The molecule has 0 spiro atoms. The Hall–Kier alpha value is -3.07. The maximum Gasteiger partial charge on any atom is 0.350 e. The summed E-state index contributed by atoms with van der Waals surface area (Å²) < 4.78 is 10.0. The maximum absolute atomic E-state index is 12.0. The quantitative estimate of drug-likeness (QED) is 0.447. The van der Waals surface area contributed by atoms with E-state index in [1.807, 2.05) is 7.05 Å². The van der Waals surface area contributed by atoms with Crippen LogP contribution in [0.4, 0.5) is 11.4 Å². The van der Waals surface area contributed by atoms with Crippen LogP contribution in [0.25, 0.3) is 0 Å². The van der Waals surface area contributed by atoms with Gasteiger partial charge in [-0.15, -0.1) is 0 Å². The van der Waals surface area contributed by atoms with Crippen LogP contribution < -0.4 is 10.2 Å². The van der Waals surface area contributed by atoms with Gasteiger partial charge < -0.3 is 29.7 Å². The number of likely N-dealkylation sites (N-methyl/N-ethyl adjacent to an activating group) is 1. The van der Waals surface area contributed by atoms with E-state index in [1.165, 1.54) is 13.8 Å². The van der Waals surface area contributed by atoms with Crippen LogP contribution in [0.1, 0.15) is 24.2 Å². The molecule has 0 radical (unpaired) electrons. The summed E-state index contributed by atoms with van der Waals surface area (Å²) in [5.41, 5.74) is 0.759. The third-order valence-corrected chi connectivity index (χ3v) is 4.59. The van der Waals surface area contributed by atoms with E-state index in [4.69, 9.17) is 9.47 Å². The number of cyclic esters (lactones) is 2. The molecule has 0 aliphatic carbocycles. The van der Waals surface area contributed by atoms with Gasteiger partial charge in [0, 0.05) is 51.9 Å². The summed E-state index contributed by atoms with van der Waals surface area (Å²) >= 11 is 0. The second-order valence-electron chi connectivity index (χ2n) is 7.21. The zero-order valence-electron chi connectivity index (χ0n) is 16.0. The molecule has 1 aromatic rings. The molecule has 2 aliphatic rings. The van der Waals surface area contributed by atoms with E-state index in [0.29, 0.717) is 0 Å². The lowest BCUT2D eigenvalue weighted by Crippen LogP contribution is -2.44. The number of carboxylic acids is 1. The van der Waals surface area contributed by atoms with Crippen molar-refractivity contribution in [1.29, 1.82) is 0 Å². The minimum atomic E-state index is -1.33. The highest BCUT2D eigenvalue weighted by molar-refractivity contribution is 6.15.